The fourth-order valence-electron chi connectivity index (χ4n) is 1.87. The third-order valence-electron chi connectivity index (χ3n) is 2.74. The number of nitrogens with one attached hydrogen (secondary N) is 1. The molecule has 0 atom stereocenters. The molecule has 1 N–H and O–H groups in total. The number of thiazole rings is 1. The molecule has 5 heteroatoms. The number of benzene rings is 1. The van der Waals surface area contributed by atoms with Crippen LogP contribution in [-0.4, -0.2) is 19.1 Å². The van der Waals surface area contributed by atoms with Gasteiger partial charge in [0.2, 0.25) is 0 Å². The summed E-state index contributed by atoms with van der Waals surface area (Å²) in [6.07, 6.45) is 0.769. The molecule has 0 fully saturated rings. The highest BCUT2D eigenvalue weighted by Gasteiger charge is 2.11. The summed E-state index contributed by atoms with van der Waals surface area (Å²) in [6, 6.07) is 7.89. The normalized spacial score (nSPS) is 10.9. The standard InChI is InChI=1S/C14H17ClN2OS/c1-16-8-13-12(9-18-2)17-14(19-13)7-10-5-3-4-6-11(10)15/h3-6,16H,7-9H2,1-2H3. The minimum Gasteiger partial charge on any atom is -0.378 e. The highest BCUT2D eigenvalue weighted by molar-refractivity contribution is 7.11. The summed E-state index contributed by atoms with van der Waals surface area (Å²) in [7, 11) is 3.63. The Labute approximate surface area is 122 Å². The first-order valence-corrected chi connectivity index (χ1v) is 7.28. The van der Waals surface area contributed by atoms with Gasteiger partial charge in [0.25, 0.3) is 0 Å². The van der Waals surface area contributed by atoms with Gasteiger partial charge >= 0.3 is 0 Å². The van der Waals surface area contributed by atoms with Crippen molar-refractivity contribution in [3.05, 3.63) is 50.4 Å². The van der Waals surface area contributed by atoms with Crippen molar-refractivity contribution >= 4 is 22.9 Å². The molecule has 0 aliphatic rings. The Morgan fingerprint density at radius 2 is 2.16 bits per heavy atom. The Bertz CT molecular complexity index is 518. The maximum Gasteiger partial charge on any atom is 0.0977 e. The molecule has 2 aromatic rings. The Balaban J connectivity index is 2.21. The smallest absolute Gasteiger partial charge is 0.0977 e. The molecule has 1 aromatic heterocycles. The first-order valence-electron chi connectivity index (χ1n) is 6.09. The minimum absolute atomic E-state index is 0.552. The summed E-state index contributed by atoms with van der Waals surface area (Å²) in [5.74, 6) is 0. The monoisotopic (exact) mass is 296 g/mol. The van der Waals surface area contributed by atoms with E-state index < -0.39 is 0 Å². The summed E-state index contributed by atoms with van der Waals surface area (Å²) in [4.78, 5) is 5.88. The number of rotatable bonds is 6. The van der Waals surface area contributed by atoms with Crippen molar-refractivity contribution in [2.45, 2.75) is 19.6 Å². The van der Waals surface area contributed by atoms with E-state index in [9.17, 15) is 0 Å². The second-order valence-corrected chi connectivity index (χ2v) is 5.78. The summed E-state index contributed by atoms with van der Waals surface area (Å²) >= 11 is 7.90. The fourth-order valence-corrected chi connectivity index (χ4v) is 3.17. The van der Waals surface area contributed by atoms with Crippen molar-refractivity contribution in [2.24, 2.45) is 0 Å². The zero-order valence-electron chi connectivity index (χ0n) is 11.1. The predicted octanol–water partition coefficient (Wildman–Crippen LogP) is 3.25. The summed E-state index contributed by atoms with van der Waals surface area (Å²) in [6.45, 7) is 1.37. The molecule has 0 aliphatic carbocycles. The molecule has 0 amide bonds. The molecule has 0 unspecified atom stereocenters. The Hall–Kier alpha value is -0.940. The van der Waals surface area contributed by atoms with Crippen molar-refractivity contribution < 1.29 is 4.74 Å². The van der Waals surface area contributed by atoms with E-state index in [0.29, 0.717) is 6.61 Å². The zero-order chi connectivity index (χ0) is 13.7. The van der Waals surface area contributed by atoms with Gasteiger partial charge < -0.3 is 10.1 Å². The van der Waals surface area contributed by atoms with Crippen molar-refractivity contribution in [1.29, 1.82) is 0 Å². The van der Waals surface area contributed by atoms with Crippen molar-refractivity contribution in [3.63, 3.8) is 0 Å². The zero-order valence-corrected chi connectivity index (χ0v) is 12.6. The maximum atomic E-state index is 6.18. The molecule has 19 heavy (non-hydrogen) atoms. The highest BCUT2D eigenvalue weighted by Crippen LogP contribution is 2.24. The van der Waals surface area contributed by atoms with Gasteiger partial charge in [0.05, 0.1) is 17.3 Å². The molecule has 0 radical (unpaired) electrons. The SMILES string of the molecule is CNCc1sc(Cc2ccccc2Cl)nc1COC. The van der Waals surface area contributed by atoms with Gasteiger partial charge in [-0.2, -0.15) is 0 Å². The minimum atomic E-state index is 0.552. The molecular weight excluding hydrogens is 280 g/mol. The van der Waals surface area contributed by atoms with E-state index in [4.69, 9.17) is 16.3 Å². The topological polar surface area (TPSA) is 34.2 Å². The van der Waals surface area contributed by atoms with Crippen LogP contribution in [0.25, 0.3) is 0 Å². The van der Waals surface area contributed by atoms with Gasteiger partial charge in [-0.25, -0.2) is 4.98 Å². The molecule has 0 aliphatic heterocycles. The van der Waals surface area contributed by atoms with E-state index in [-0.39, 0.29) is 0 Å². The number of halogens is 1. The predicted molar refractivity (Wildman–Crippen MR) is 79.8 cm³/mol. The van der Waals surface area contributed by atoms with Gasteiger partial charge in [-0.1, -0.05) is 29.8 Å². The molecular formula is C14H17ClN2OS. The summed E-state index contributed by atoms with van der Waals surface area (Å²) in [5.41, 5.74) is 2.13. The molecule has 0 saturated carbocycles. The second kappa shape index (κ2) is 7.01. The Morgan fingerprint density at radius 3 is 2.84 bits per heavy atom. The van der Waals surface area contributed by atoms with Crippen molar-refractivity contribution in [2.75, 3.05) is 14.2 Å². The van der Waals surface area contributed by atoms with Crippen LogP contribution in [0.1, 0.15) is 21.1 Å². The number of methoxy groups -OCH3 is 1. The van der Waals surface area contributed by atoms with Crippen LogP contribution in [0.3, 0.4) is 0 Å². The first kappa shape index (κ1) is 14.5. The van der Waals surface area contributed by atoms with E-state index in [1.807, 2.05) is 31.3 Å². The lowest BCUT2D eigenvalue weighted by molar-refractivity contribution is 0.181. The molecule has 102 valence electrons. The van der Waals surface area contributed by atoms with Crippen LogP contribution in [0.4, 0.5) is 0 Å². The highest BCUT2D eigenvalue weighted by atomic mass is 35.5. The van der Waals surface area contributed by atoms with E-state index in [1.165, 1.54) is 4.88 Å². The van der Waals surface area contributed by atoms with Crippen molar-refractivity contribution in [1.82, 2.24) is 10.3 Å². The fraction of sp³-hybridized carbons (Fsp3) is 0.357. The molecule has 0 bridgehead atoms. The van der Waals surface area contributed by atoms with Crippen LogP contribution in [0.15, 0.2) is 24.3 Å². The lowest BCUT2D eigenvalue weighted by Gasteiger charge is -2.00. The van der Waals surface area contributed by atoms with Gasteiger partial charge in [0, 0.05) is 30.0 Å². The third-order valence-corrected chi connectivity index (χ3v) is 4.21. The van der Waals surface area contributed by atoms with Crippen LogP contribution in [0.5, 0.6) is 0 Å². The van der Waals surface area contributed by atoms with Crippen LogP contribution < -0.4 is 5.32 Å². The lowest BCUT2D eigenvalue weighted by Crippen LogP contribution is -2.06. The molecule has 0 spiro atoms. The molecule has 1 heterocycles. The Morgan fingerprint density at radius 1 is 1.37 bits per heavy atom. The average molecular weight is 297 g/mol. The van der Waals surface area contributed by atoms with Gasteiger partial charge in [0.1, 0.15) is 0 Å². The lowest BCUT2D eigenvalue weighted by atomic mass is 10.1. The quantitative estimate of drug-likeness (QED) is 0.888. The first-order chi connectivity index (χ1) is 9.24. The third kappa shape index (κ3) is 3.76. The largest absolute Gasteiger partial charge is 0.378 e. The summed E-state index contributed by atoms with van der Waals surface area (Å²) < 4.78 is 5.19. The number of hydrogen-bond acceptors (Lipinski definition) is 4. The van der Waals surface area contributed by atoms with Gasteiger partial charge in [-0.3, -0.25) is 0 Å². The van der Waals surface area contributed by atoms with E-state index in [0.717, 1.165) is 34.3 Å². The van der Waals surface area contributed by atoms with E-state index >= 15 is 0 Å². The number of aromatic nitrogens is 1. The number of ether oxygens (including phenoxy) is 1. The van der Waals surface area contributed by atoms with Crippen LogP contribution in [-0.2, 0) is 24.3 Å². The summed E-state index contributed by atoms with van der Waals surface area (Å²) in [5, 5.41) is 5.03. The van der Waals surface area contributed by atoms with Gasteiger partial charge in [0.15, 0.2) is 0 Å². The van der Waals surface area contributed by atoms with E-state index in [1.54, 1.807) is 18.4 Å². The van der Waals surface area contributed by atoms with Gasteiger partial charge in [-0.05, 0) is 18.7 Å². The molecule has 0 saturated heterocycles. The number of hydrogen-bond donors (Lipinski definition) is 1. The molecule has 1 aromatic carbocycles. The van der Waals surface area contributed by atoms with Crippen molar-refractivity contribution in [3.8, 4) is 0 Å². The van der Waals surface area contributed by atoms with Crippen LogP contribution >= 0.6 is 22.9 Å². The van der Waals surface area contributed by atoms with E-state index in [2.05, 4.69) is 10.3 Å². The molecule has 3 nitrogen and oxygen atoms in total. The average Bonchev–Trinajstić information content (AvgIpc) is 2.76. The second-order valence-electron chi connectivity index (χ2n) is 4.21. The van der Waals surface area contributed by atoms with Crippen LogP contribution in [0.2, 0.25) is 5.02 Å². The number of nitrogens with zero attached hydrogens (tertiary/aromatic N) is 1. The molecule has 2 rings (SSSR count). The van der Waals surface area contributed by atoms with Crippen LogP contribution in [0, 0.1) is 0 Å². The van der Waals surface area contributed by atoms with Gasteiger partial charge in [-0.15, -0.1) is 11.3 Å². The maximum absolute atomic E-state index is 6.18. The Kier molecular flexibility index (Phi) is 5.34.